The van der Waals surface area contributed by atoms with Gasteiger partial charge in [0.25, 0.3) is 0 Å². The van der Waals surface area contributed by atoms with Gasteiger partial charge in [0.1, 0.15) is 11.9 Å². The summed E-state index contributed by atoms with van der Waals surface area (Å²) < 4.78 is 11.4. The van der Waals surface area contributed by atoms with Gasteiger partial charge in [0.05, 0.1) is 30.4 Å². The van der Waals surface area contributed by atoms with Crippen LogP contribution in [-0.4, -0.2) is 54.9 Å². The molecule has 4 rings (SSSR count). The third kappa shape index (κ3) is 5.15. The van der Waals surface area contributed by atoms with Crippen molar-refractivity contribution in [3.63, 3.8) is 0 Å². The van der Waals surface area contributed by atoms with Gasteiger partial charge in [0.2, 0.25) is 5.88 Å². The van der Waals surface area contributed by atoms with E-state index in [0.717, 1.165) is 62.4 Å². The van der Waals surface area contributed by atoms with E-state index in [0.29, 0.717) is 10.9 Å². The molecule has 1 unspecified atom stereocenters. The number of hydrogen-bond acceptors (Lipinski definition) is 6. The summed E-state index contributed by atoms with van der Waals surface area (Å²) in [5.74, 6) is 0.663. The maximum Gasteiger partial charge on any atom is 0.305 e. The van der Waals surface area contributed by atoms with Crippen LogP contribution in [0, 0.1) is 0 Å². The molecule has 7 nitrogen and oxygen atoms in total. The molecule has 1 aromatic carbocycles. The molecule has 166 valence electrons. The Morgan fingerprint density at radius 3 is 2.61 bits per heavy atom. The van der Waals surface area contributed by atoms with Crippen LogP contribution in [0.5, 0.6) is 11.6 Å². The van der Waals surface area contributed by atoms with Crippen LogP contribution in [0.15, 0.2) is 36.5 Å². The fraction of sp³-hybridized carbons (Fsp3) is 0.478. The van der Waals surface area contributed by atoms with Crippen molar-refractivity contribution in [2.75, 3.05) is 36.5 Å². The number of carboxylic acid groups (broad SMARTS) is 1. The summed E-state index contributed by atoms with van der Waals surface area (Å²) in [6.45, 7) is 2.60. The standard InChI is InChI=1S/C23H28ClN3O4/c1-30-22-14-21(20(24)15-25-22)26-11-8-19(9-12-26)31-18-6-4-16(5-7-18)27-10-2-3-17(27)13-23(28)29/h4-7,14-15,17,19H,2-3,8-13H2,1H3,(H,28,29). The molecule has 0 spiro atoms. The minimum absolute atomic E-state index is 0.0761. The van der Waals surface area contributed by atoms with Gasteiger partial charge in [-0.25, -0.2) is 4.98 Å². The first-order valence-electron chi connectivity index (χ1n) is 10.7. The highest BCUT2D eigenvalue weighted by molar-refractivity contribution is 6.33. The number of ether oxygens (including phenoxy) is 2. The highest BCUT2D eigenvalue weighted by Crippen LogP contribution is 2.32. The Labute approximate surface area is 187 Å². The number of anilines is 2. The molecule has 2 fully saturated rings. The van der Waals surface area contributed by atoms with Gasteiger partial charge in [-0.1, -0.05) is 11.6 Å². The van der Waals surface area contributed by atoms with Gasteiger partial charge in [-0.05, 0) is 37.1 Å². The Kier molecular flexibility index (Phi) is 6.70. The maximum absolute atomic E-state index is 11.1. The van der Waals surface area contributed by atoms with Gasteiger partial charge in [0, 0.05) is 50.3 Å². The van der Waals surface area contributed by atoms with E-state index in [4.69, 9.17) is 26.2 Å². The number of pyridine rings is 1. The summed E-state index contributed by atoms with van der Waals surface area (Å²) >= 11 is 6.33. The Hall–Kier alpha value is -2.67. The zero-order chi connectivity index (χ0) is 21.8. The fourth-order valence-electron chi connectivity index (χ4n) is 4.48. The molecule has 0 amide bonds. The lowest BCUT2D eigenvalue weighted by molar-refractivity contribution is -0.137. The monoisotopic (exact) mass is 445 g/mol. The number of nitrogens with zero attached hydrogens (tertiary/aromatic N) is 3. The third-order valence-corrected chi connectivity index (χ3v) is 6.35. The highest BCUT2D eigenvalue weighted by atomic mass is 35.5. The topological polar surface area (TPSA) is 75.1 Å². The number of halogens is 1. The second-order valence-corrected chi connectivity index (χ2v) is 8.47. The lowest BCUT2D eigenvalue weighted by Crippen LogP contribution is -2.38. The normalized spacial score (nSPS) is 19.5. The number of carbonyl (C=O) groups is 1. The zero-order valence-electron chi connectivity index (χ0n) is 17.7. The number of carboxylic acids is 1. The van der Waals surface area contributed by atoms with Crippen molar-refractivity contribution in [3.8, 4) is 11.6 Å². The van der Waals surface area contributed by atoms with Crippen LogP contribution in [-0.2, 0) is 4.79 Å². The van der Waals surface area contributed by atoms with Crippen molar-refractivity contribution in [3.05, 3.63) is 41.6 Å². The molecular weight excluding hydrogens is 418 g/mol. The summed E-state index contributed by atoms with van der Waals surface area (Å²) in [4.78, 5) is 19.7. The number of rotatable bonds is 7. The van der Waals surface area contributed by atoms with Crippen molar-refractivity contribution in [2.24, 2.45) is 0 Å². The van der Waals surface area contributed by atoms with Gasteiger partial charge >= 0.3 is 5.97 Å². The quantitative estimate of drug-likeness (QED) is 0.683. The number of aromatic nitrogens is 1. The first-order chi connectivity index (χ1) is 15.0. The molecule has 2 aliphatic heterocycles. The summed E-state index contributed by atoms with van der Waals surface area (Å²) in [7, 11) is 1.60. The molecule has 2 aliphatic rings. The molecule has 31 heavy (non-hydrogen) atoms. The van der Waals surface area contributed by atoms with Gasteiger partial charge in [0.15, 0.2) is 0 Å². The smallest absolute Gasteiger partial charge is 0.305 e. The van der Waals surface area contributed by atoms with Gasteiger partial charge < -0.3 is 24.4 Å². The van der Waals surface area contributed by atoms with E-state index in [1.807, 2.05) is 30.3 Å². The van der Waals surface area contributed by atoms with Crippen molar-refractivity contribution >= 4 is 28.9 Å². The second kappa shape index (κ2) is 9.64. The molecule has 2 aromatic rings. The predicted molar refractivity (Wildman–Crippen MR) is 121 cm³/mol. The highest BCUT2D eigenvalue weighted by Gasteiger charge is 2.27. The molecule has 1 aromatic heterocycles. The Morgan fingerprint density at radius 2 is 1.94 bits per heavy atom. The molecule has 0 saturated carbocycles. The summed E-state index contributed by atoms with van der Waals surface area (Å²) in [5, 5.41) is 9.75. The van der Waals surface area contributed by atoms with E-state index in [9.17, 15) is 4.79 Å². The van der Waals surface area contributed by atoms with Crippen LogP contribution in [0.3, 0.4) is 0 Å². The number of benzene rings is 1. The lowest BCUT2D eigenvalue weighted by atomic mass is 10.1. The van der Waals surface area contributed by atoms with Crippen LogP contribution in [0.25, 0.3) is 0 Å². The number of hydrogen-bond donors (Lipinski definition) is 1. The lowest BCUT2D eigenvalue weighted by Gasteiger charge is -2.34. The summed E-state index contributed by atoms with van der Waals surface area (Å²) in [5.41, 5.74) is 2.00. The minimum Gasteiger partial charge on any atom is -0.490 e. The number of methoxy groups -OCH3 is 1. The summed E-state index contributed by atoms with van der Waals surface area (Å²) in [6.07, 6.45) is 5.71. The summed E-state index contributed by atoms with van der Waals surface area (Å²) in [6, 6.07) is 10.00. The van der Waals surface area contributed by atoms with E-state index in [1.165, 1.54) is 0 Å². The van der Waals surface area contributed by atoms with E-state index in [1.54, 1.807) is 13.3 Å². The zero-order valence-corrected chi connectivity index (χ0v) is 18.4. The Morgan fingerprint density at radius 1 is 1.19 bits per heavy atom. The van der Waals surface area contributed by atoms with E-state index in [-0.39, 0.29) is 18.6 Å². The Bertz CT molecular complexity index is 900. The van der Waals surface area contributed by atoms with Crippen LogP contribution in [0.2, 0.25) is 5.02 Å². The number of aliphatic carboxylic acids is 1. The first-order valence-corrected chi connectivity index (χ1v) is 11.1. The van der Waals surface area contributed by atoms with Crippen LogP contribution in [0.1, 0.15) is 32.1 Å². The molecule has 2 saturated heterocycles. The largest absolute Gasteiger partial charge is 0.490 e. The second-order valence-electron chi connectivity index (χ2n) is 8.06. The van der Waals surface area contributed by atoms with Crippen molar-refractivity contribution in [2.45, 2.75) is 44.2 Å². The van der Waals surface area contributed by atoms with Crippen LogP contribution >= 0.6 is 11.6 Å². The molecule has 0 bridgehead atoms. The van der Waals surface area contributed by atoms with Gasteiger partial charge in [-0.2, -0.15) is 0 Å². The van der Waals surface area contributed by atoms with Crippen molar-refractivity contribution in [1.82, 2.24) is 4.98 Å². The molecule has 8 heteroatoms. The minimum atomic E-state index is -0.741. The fourth-order valence-corrected chi connectivity index (χ4v) is 4.70. The van der Waals surface area contributed by atoms with Crippen molar-refractivity contribution < 1.29 is 19.4 Å². The van der Waals surface area contributed by atoms with Crippen LogP contribution in [0.4, 0.5) is 11.4 Å². The van der Waals surface area contributed by atoms with Crippen LogP contribution < -0.4 is 19.3 Å². The Balaban J connectivity index is 1.32. The molecule has 0 aliphatic carbocycles. The molecular formula is C23H28ClN3O4. The van der Waals surface area contributed by atoms with Crippen molar-refractivity contribution in [1.29, 1.82) is 0 Å². The molecule has 1 N–H and O–H groups in total. The van der Waals surface area contributed by atoms with E-state index >= 15 is 0 Å². The molecule has 3 heterocycles. The average molecular weight is 446 g/mol. The third-order valence-electron chi connectivity index (χ3n) is 6.06. The van der Waals surface area contributed by atoms with E-state index in [2.05, 4.69) is 14.8 Å². The molecule has 0 radical (unpaired) electrons. The SMILES string of the molecule is COc1cc(N2CCC(Oc3ccc(N4CCCC4CC(=O)O)cc3)CC2)c(Cl)cn1. The average Bonchev–Trinajstić information content (AvgIpc) is 3.23. The van der Waals surface area contributed by atoms with E-state index < -0.39 is 5.97 Å². The maximum atomic E-state index is 11.1. The number of piperidine rings is 1. The molecule has 1 atom stereocenters. The van der Waals surface area contributed by atoms with Gasteiger partial charge in [-0.15, -0.1) is 0 Å². The first kappa shape index (κ1) is 21.6. The predicted octanol–water partition coefficient (Wildman–Crippen LogP) is 4.23. The van der Waals surface area contributed by atoms with Gasteiger partial charge in [-0.3, -0.25) is 4.79 Å².